The molecule has 10 nitrogen and oxygen atoms in total. The Morgan fingerprint density at radius 3 is 2.13 bits per heavy atom. The van der Waals surface area contributed by atoms with Gasteiger partial charge in [-0.05, 0) is 49.4 Å². The summed E-state index contributed by atoms with van der Waals surface area (Å²) >= 11 is 0. The fraction of sp³-hybridized carbons (Fsp3) is 0.448. The molecule has 2 aliphatic rings. The van der Waals surface area contributed by atoms with Gasteiger partial charge in [-0.2, -0.15) is 0 Å². The van der Waals surface area contributed by atoms with E-state index in [4.69, 9.17) is 9.47 Å². The number of carboxylic acids is 1. The van der Waals surface area contributed by atoms with E-state index in [2.05, 4.69) is 10.6 Å². The third-order valence-electron chi connectivity index (χ3n) is 6.82. The van der Waals surface area contributed by atoms with Gasteiger partial charge in [-0.3, -0.25) is 4.79 Å². The zero-order chi connectivity index (χ0) is 28.2. The van der Waals surface area contributed by atoms with Crippen LogP contribution in [-0.2, 0) is 19.1 Å². The van der Waals surface area contributed by atoms with Crippen molar-refractivity contribution in [3.63, 3.8) is 0 Å². The molecule has 1 aliphatic heterocycles. The molecule has 3 N–H and O–H groups in total. The second-order valence-electron chi connectivity index (χ2n) is 10.9. The highest BCUT2D eigenvalue weighted by Crippen LogP contribution is 2.44. The van der Waals surface area contributed by atoms with E-state index in [0.29, 0.717) is 19.6 Å². The van der Waals surface area contributed by atoms with E-state index in [0.717, 1.165) is 22.3 Å². The minimum Gasteiger partial charge on any atom is -0.480 e. The zero-order valence-electron chi connectivity index (χ0n) is 22.4. The Morgan fingerprint density at radius 1 is 0.974 bits per heavy atom. The van der Waals surface area contributed by atoms with Crippen LogP contribution in [0.1, 0.15) is 50.7 Å². The molecule has 1 atom stereocenters. The molecule has 3 amide bonds. The average molecular weight is 538 g/mol. The van der Waals surface area contributed by atoms with Crippen molar-refractivity contribution in [2.75, 3.05) is 26.2 Å². The molecule has 2 aromatic carbocycles. The summed E-state index contributed by atoms with van der Waals surface area (Å²) in [7, 11) is 0. The zero-order valence-corrected chi connectivity index (χ0v) is 22.4. The molecule has 0 bridgehead atoms. The lowest BCUT2D eigenvalue weighted by Crippen LogP contribution is -2.54. The second-order valence-corrected chi connectivity index (χ2v) is 10.9. The van der Waals surface area contributed by atoms with E-state index in [1.807, 2.05) is 48.5 Å². The predicted octanol–water partition coefficient (Wildman–Crippen LogP) is 3.74. The molecule has 1 heterocycles. The van der Waals surface area contributed by atoms with Crippen molar-refractivity contribution in [1.82, 2.24) is 15.5 Å². The van der Waals surface area contributed by atoms with Crippen LogP contribution in [0.4, 0.5) is 9.59 Å². The summed E-state index contributed by atoms with van der Waals surface area (Å²) in [6.07, 6.45) is -1.44. The van der Waals surface area contributed by atoms with Crippen LogP contribution in [0.15, 0.2) is 48.5 Å². The Labute approximate surface area is 227 Å². The van der Waals surface area contributed by atoms with Gasteiger partial charge in [0.2, 0.25) is 5.91 Å². The van der Waals surface area contributed by atoms with Gasteiger partial charge in [-0.15, -0.1) is 0 Å². The number of fused-ring (bicyclic) bond motifs is 3. The number of hydrogen-bond donors (Lipinski definition) is 3. The van der Waals surface area contributed by atoms with Gasteiger partial charge in [0.15, 0.2) is 0 Å². The van der Waals surface area contributed by atoms with Crippen LogP contribution in [0.5, 0.6) is 0 Å². The molecule has 0 unspecified atom stereocenters. The topological polar surface area (TPSA) is 134 Å². The van der Waals surface area contributed by atoms with Gasteiger partial charge in [0.25, 0.3) is 0 Å². The Balaban J connectivity index is 1.20. The van der Waals surface area contributed by atoms with Gasteiger partial charge < -0.3 is 30.1 Å². The normalized spacial score (nSPS) is 15.4. The molecule has 4 rings (SSSR count). The number of aliphatic carboxylic acids is 1. The molecule has 0 spiro atoms. The number of carbonyl (C=O) groups excluding carboxylic acids is 3. The number of carbonyl (C=O) groups is 4. The van der Waals surface area contributed by atoms with E-state index >= 15 is 0 Å². The number of carboxylic acid groups (broad SMARTS) is 1. The smallest absolute Gasteiger partial charge is 0.407 e. The molecule has 0 saturated carbocycles. The Morgan fingerprint density at radius 2 is 1.56 bits per heavy atom. The molecular weight excluding hydrogens is 502 g/mol. The SMILES string of the molecule is CC(C)(C)OC(=O)NCC1CN(C(=O)CC[C@H](NC(=O)OCC2c3ccccc3-c3ccccc32)C(=O)O)C1. The van der Waals surface area contributed by atoms with Crippen LogP contribution in [0, 0.1) is 5.92 Å². The first-order valence-corrected chi connectivity index (χ1v) is 13.1. The van der Waals surface area contributed by atoms with Gasteiger partial charge >= 0.3 is 18.2 Å². The van der Waals surface area contributed by atoms with Crippen LogP contribution in [0.25, 0.3) is 11.1 Å². The van der Waals surface area contributed by atoms with Crippen LogP contribution in [-0.4, -0.2) is 72.0 Å². The molecule has 0 aromatic heterocycles. The van der Waals surface area contributed by atoms with Gasteiger partial charge in [-0.1, -0.05) is 48.5 Å². The lowest BCUT2D eigenvalue weighted by molar-refractivity contribution is -0.140. The summed E-state index contributed by atoms with van der Waals surface area (Å²) in [4.78, 5) is 50.1. The molecule has 2 aromatic rings. The first kappa shape index (κ1) is 27.9. The number of ether oxygens (including phenoxy) is 2. The van der Waals surface area contributed by atoms with E-state index in [1.165, 1.54) is 0 Å². The first-order chi connectivity index (χ1) is 18.5. The highest BCUT2D eigenvalue weighted by molar-refractivity contribution is 5.82. The highest BCUT2D eigenvalue weighted by atomic mass is 16.6. The number of amides is 3. The van der Waals surface area contributed by atoms with Gasteiger partial charge in [0.1, 0.15) is 18.2 Å². The van der Waals surface area contributed by atoms with E-state index in [1.54, 1.807) is 25.7 Å². The van der Waals surface area contributed by atoms with Crippen molar-refractivity contribution in [2.24, 2.45) is 5.92 Å². The number of hydrogen-bond acceptors (Lipinski definition) is 6. The average Bonchev–Trinajstić information content (AvgIpc) is 3.16. The predicted molar refractivity (Wildman–Crippen MR) is 143 cm³/mol. The number of alkyl carbamates (subject to hydrolysis) is 2. The van der Waals surface area contributed by atoms with Gasteiger partial charge in [0.05, 0.1) is 0 Å². The third kappa shape index (κ3) is 7.07. The summed E-state index contributed by atoms with van der Waals surface area (Å²) in [5.41, 5.74) is 3.72. The summed E-state index contributed by atoms with van der Waals surface area (Å²) in [5, 5.41) is 14.7. The lowest BCUT2D eigenvalue weighted by atomic mass is 9.98. The first-order valence-electron chi connectivity index (χ1n) is 13.1. The van der Waals surface area contributed by atoms with Gasteiger partial charge in [-0.25, -0.2) is 14.4 Å². The number of benzene rings is 2. The highest BCUT2D eigenvalue weighted by Gasteiger charge is 2.33. The minimum atomic E-state index is -1.25. The largest absolute Gasteiger partial charge is 0.480 e. The maximum absolute atomic E-state index is 12.5. The lowest BCUT2D eigenvalue weighted by Gasteiger charge is -2.39. The summed E-state index contributed by atoms with van der Waals surface area (Å²) in [6.45, 7) is 6.73. The van der Waals surface area contributed by atoms with Crippen molar-refractivity contribution < 1.29 is 33.8 Å². The second kappa shape index (κ2) is 11.8. The maximum Gasteiger partial charge on any atom is 0.407 e. The number of nitrogens with zero attached hydrogens (tertiary/aromatic N) is 1. The molecule has 1 fully saturated rings. The van der Waals surface area contributed by atoms with Crippen molar-refractivity contribution in [1.29, 1.82) is 0 Å². The molecule has 39 heavy (non-hydrogen) atoms. The van der Waals surface area contributed by atoms with Crippen LogP contribution >= 0.6 is 0 Å². The van der Waals surface area contributed by atoms with Crippen molar-refractivity contribution >= 4 is 24.1 Å². The summed E-state index contributed by atoms with van der Waals surface area (Å²) in [6, 6.07) is 14.6. The van der Waals surface area contributed by atoms with E-state index in [9.17, 15) is 24.3 Å². The third-order valence-corrected chi connectivity index (χ3v) is 6.82. The Kier molecular flexibility index (Phi) is 8.42. The standard InChI is InChI=1S/C29H35N3O7/c1-29(2,3)39-27(36)30-14-18-15-32(16-18)25(33)13-12-24(26(34)35)31-28(37)38-17-23-21-10-6-4-8-19(21)20-9-5-7-11-22(20)23/h4-11,18,23-24H,12-17H2,1-3H3,(H,30,36)(H,31,37)(H,34,35)/t24-/m0/s1. The maximum atomic E-state index is 12.5. The number of rotatable bonds is 9. The van der Waals surface area contributed by atoms with Crippen LogP contribution in [0.2, 0.25) is 0 Å². The molecule has 208 valence electrons. The fourth-order valence-corrected chi connectivity index (χ4v) is 4.91. The summed E-state index contributed by atoms with van der Waals surface area (Å²) in [5.74, 6) is -1.48. The van der Waals surface area contributed by atoms with Gasteiger partial charge in [0, 0.05) is 37.9 Å². The molecular formula is C29H35N3O7. The van der Waals surface area contributed by atoms with E-state index < -0.39 is 29.8 Å². The monoisotopic (exact) mass is 537 g/mol. The molecule has 1 aliphatic carbocycles. The molecule has 10 heteroatoms. The van der Waals surface area contributed by atoms with Crippen molar-refractivity contribution in [3.8, 4) is 11.1 Å². The quantitative estimate of drug-likeness (QED) is 0.444. The minimum absolute atomic E-state index is 0.0349. The number of likely N-dealkylation sites (tertiary alicyclic amines) is 1. The van der Waals surface area contributed by atoms with Crippen molar-refractivity contribution in [3.05, 3.63) is 59.7 Å². The van der Waals surface area contributed by atoms with Crippen LogP contribution in [0.3, 0.4) is 0 Å². The Bertz CT molecular complexity index is 1190. The Hall–Kier alpha value is -4.08. The summed E-state index contributed by atoms with van der Waals surface area (Å²) < 4.78 is 10.6. The van der Waals surface area contributed by atoms with Crippen molar-refractivity contribution in [2.45, 2.75) is 51.2 Å². The van der Waals surface area contributed by atoms with Crippen LogP contribution < -0.4 is 10.6 Å². The fourth-order valence-electron chi connectivity index (χ4n) is 4.91. The molecule has 1 saturated heterocycles. The number of nitrogens with one attached hydrogen (secondary N) is 2. The molecule has 0 radical (unpaired) electrons. The van der Waals surface area contributed by atoms with E-state index in [-0.39, 0.29) is 37.2 Å².